The van der Waals surface area contributed by atoms with Crippen LogP contribution in [-0.2, 0) is 0 Å². The van der Waals surface area contributed by atoms with Gasteiger partial charge < -0.3 is 10.6 Å². The molecular formula is C18H40N2. The van der Waals surface area contributed by atoms with Gasteiger partial charge in [-0.1, -0.05) is 48.5 Å². The van der Waals surface area contributed by atoms with Crippen molar-refractivity contribution in [1.82, 2.24) is 4.90 Å². The third kappa shape index (κ3) is 9.77. The van der Waals surface area contributed by atoms with E-state index in [1.165, 1.54) is 32.5 Å². The Hall–Kier alpha value is -0.0800. The average molecular weight is 285 g/mol. The molecule has 1 atom stereocenters. The van der Waals surface area contributed by atoms with E-state index in [-0.39, 0.29) is 0 Å². The molecule has 0 aliphatic rings. The third-order valence-corrected chi connectivity index (χ3v) is 4.01. The first-order chi connectivity index (χ1) is 9.16. The number of hydrogen-bond acceptors (Lipinski definition) is 2. The summed E-state index contributed by atoms with van der Waals surface area (Å²) < 4.78 is 0. The lowest BCUT2D eigenvalue weighted by Crippen LogP contribution is -2.33. The Labute approximate surface area is 128 Å². The topological polar surface area (TPSA) is 29.3 Å². The van der Waals surface area contributed by atoms with Gasteiger partial charge in [0.25, 0.3) is 0 Å². The molecule has 0 saturated heterocycles. The van der Waals surface area contributed by atoms with Gasteiger partial charge in [0, 0.05) is 13.1 Å². The lowest BCUT2D eigenvalue weighted by atomic mass is 9.76. The highest BCUT2D eigenvalue weighted by Gasteiger charge is 2.23. The average Bonchev–Trinajstić information content (AvgIpc) is 2.24. The van der Waals surface area contributed by atoms with Crippen LogP contribution in [0.25, 0.3) is 0 Å². The van der Waals surface area contributed by atoms with Crippen LogP contribution in [0, 0.1) is 23.2 Å². The maximum Gasteiger partial charge on any atom is 0.000449 e. The molecule has 0 rings (SSSR count). The molecule has 0 aromatic carbocycles. The highest BCUT2D eigenvalue weighted by Crippen LogP contribution is 2.32. The molecule has 2 N–H and O–H groups in total. The van der Waals surface area contributed by atoms with Crippen molar-refractivity contribution in [1.29, 1.82) is 0 Å². The second-order valence-corrected chi connectivity index (χ2v) is 8.33. The third-order valence-electron chi connectivity index (χ3n) is 4.01. The van der Waals surface area contributed by atoms with Crippen LogP contribution in [0.3, 0.4) is 0 Å². The lowest BCUT2D eigenvalue weighted by molar-refractivity contribution is 0.179. The summed E-state index contributed by atoms with van der Waals surface area (Å²) in [4.78, 5) is 2.65. The Morgan fingerprint density at radius 1 is 0.900 bits per heavy atom. The van der Waals surface area contributed by atoms with Crippen LogP contribution in [0.1, 0.15) is 67.7 Å². The summed E-state index contributed by atoms with van der Waals surface area (Å²) in [5.41, 5.74) is 6.17. The van der Waals surface area contributed by atoms with E-state index in [0.717, 1.165) is 30.7 Å². The fourth-order valence-corrected chi connectivity index (χ4v) is 3.06. The van der Waals surface area contributed by atoms with Gasteiger partial charge in [-0.15, -0.1) is 0 Å². The predicted molar refractivity (Wildman–Crippen MR) is 92.0 cm³/mol. The molecular weight excluding hydrogens is 244 g/mol. The molecule has 0 bridgehead atoms. The van der Waals surface area contributed by atoms with Crippen LogP contribution in [0.4, 0.5) is 0 Å². The second kappa shape index (κ2) is 9.78. The first kappa shape index (κ1) is 19.9. The molecule has 20 heavy (non-hydrogen) atoms. The summed E-state index contributed by atoms with van der Waals surface area (Å²) >= 11 is 0. The molecule has 122 valence electrons. The zero-order valence-electron chi connectivity index (χ0n) is 15.2. The van der Waals surface area contributed by atoms with Crippen LogP contribution in [-0.4, -0.2) is 31.1 Å². The van der Waals surface area contributed by atoms with Crippen LogP contribution in [0.15, 0.2) is 0 Å². The first-order valence-electron chi connectivity index (χ1n) is 8.59. The predicted octanol–water partition coefficient (Wildman–Crippen LogP) is 4.39. The smallest absolute Gasteiger partial charge is 0.000449 e. The highest BCUT2D eigenvalue weighted by molar-refractivity contribution is 4.75. The second-order valence-electron chi connectivity index (χ2n) is 8.33. The van der Waals surface area contributed by atoms with Crippen LogP contribution in [0.5, 0.6) is 0 Å². The maximum atomic E-state index is 5.78. The van der Waals surface area contributed by atoms with Crippen molar-refractivity contribution in [3.8, 4) is 0 Å². The zero-order valence-corrected chi connectivity index (χ0v) is 15.2. The minimum absolute atomic E-state index is 0.389. The Balaban J connectivity index is 4.24. The molecule has 1 unspecified atom stereocenters. The zero-order chi connectivity index (χ0) is 15.8. The van der Waals surface area contributed by atoms with Gasteiger partial charge in [0.1, 0.15) is 0 Å². The van der Waals surface area contributed by atoms with Crippen molar-refractivity contribution in [2.24, 2.45) is 28.9 Å². The largest absolute Gasteiger partial charge is 0.330 e. The van der Waals surface area contributed by atoms with E-state index in [4.69, 9.17) is 5.73 Å². The molecule has 0 heterocycles. The molecule has 0 aromatic heterocycles. The summed E-state index contributed by atoms with van der Waals surface area (Å²) in [6, 6.07) is 0. The number of hydrogen-bond donors (Lipinski definition) is 1. The fraction of sp³-hybridized carbons (Fsp3) is 1.00. The molecule has 2 nitrogen and oxygen atoms in total. The van der Waals surface area contributed by atoms with E-state index >= 15 is 0 Å². The Bertz CT molecular complexity index is 218. The van der Waals surface area contributed by atoms with Gasteiger partial charge in [0.15, 0.2) is 0 Å². The van der Waals surface area contributed by atoms with Gasteiger partial charge in [-0.2, -0.15) is 0 Å². The monoisotopic (exact) mass is 284 g/mol. The van der Waals surface area contributed by atoms with Crippen LogP contribution >= 0.6 is 0 Å². The number of nitrogens with zero attached hydrogens (tertiary/aromatic N) is 1. The molecule has 0 spiro atoms. The molecule has 0 fully saturated rings. The van der Waals surface area contributed by atoms with Gasteiger partial charge in [-0.05, 0) is 55.5 Å². The normalized spacial score (nSPS) is 14.6. The van der Waals surface area contributed by atoms with E-state index in [1.807, 2.05) is 0 Å². The summed E-state index contributed by atoms with van der Waals surface area (Å²) in [6.07, 6.45) is 3.78. The van der Waals surface area contributed by atoms with Gasteiger partial charge in [0.05, 0.1) is 0 Å². The minimum atomic E-state index is 0.389. The maximum absolute atomic E-state index is 5.78. The Morgan fingerprint density at radius 3 is 1.75 bits per heavy atom. The van der Waals surface area contributed by atoms with E-state index in [1.54, 1.807) is 0 Å². The lowest BCUT2D eigenvalue weighted by Gasteiger charge is -2.32. The Kier molecular flexibility index (Phi) is 9.74. The molecule has 0 aliphatic heterocycles. The van der Waals surface area contributed by atoms with Crippen molar-refractivity contribution < 1.29 is 0 Å². The van der Waals surface area contributed by atoms with Crippen molar-refractivity contribution in [2.45, 2.75) is 67.7 Å². The van der Waals surface area contributed by atoms with Gasteiger partial charge >= 0.3 is 0 Å². The highest BCUT2D eigenvalue weighted by atomic mass is 15.1. The van der Waals surface area contributed by atoms with Crippen molar-refractivity contribution in [2.75, 3.05) is 26.2 Å². The fourth-order valence-electron chi connectivity index (χ4n) is 3.06. The molecule has 0 aliphatic carbocycles. The van der Waals surface area contributed by atoms with E-state index in [9.17, 15) is 0 Å². The van der Waals surface area contributed by atoms with Crippen molar-refractivity contribution in [3.63, 3.8) is 0 Å². The van der Waals surface area contributed by atoms with Crippen molar-refractivity contribution >= 4 is 0 Å². The molecule has 0 radical (unpaired) electrons. The summed E-state index contributed by atoms with van der Waals surface area (Å²) in [5, 5.41) is 0. The summed E-state index contributed by atoms with van der Waals surface area (Å²) in [5.74, 6) is 2.28. The first-order valence-corrected chi connectivity index (χ1v) is 8.59. The molecule has 0 amide bonds. The Morgan fingerprint density at radius 2 is 1.40 bits per heavy atom. The summed E-state index contributed by atoms with van der Waals surface area (Å²) in [6.45, 7) is 20.9. The van der Waals surface area contributed by atoms with E-state index in [2.05, 4.69) is 53.4 Å². The quantitative estimate of drug-likeness (QED) is 0.644. The minimum Gasteiger partial charge on any atom is -0.330 e. The number of rotatable bonds is 10. The van der Waals surface area contributed by atoms with Crippen molar-refractivity contribution in [3.05, 3.63) is 0 Å². The van der Waals surface area contributed by atoms with E-state index in [0.29, 0.717) is 5.41 Å². The standard InChI is InChI=1S/C18H40N2/c1-15(2)13-20(14-16(3)4)12-8-9-17(10-11-19)18(5,6)7/h15-17H,8-14,19H2,1-7H3. The van der Waals surface area contributed by atoms with Crippen LogP contribution < -0.4 is 5.73 Å². The molecule has 0 saturated carbocycles. The molecule has 0 aromatic rings. The summed E-state index contributed by atoms with van der Waals surface area (Å²) in [7, 11) is 0. The van der Waals surface area contributed by atoms with Gasteiger partial charge in [-0.25, -0.2) is 0 Å². The number of nitrogens with two attached hydrogens (primary N) is 1. The van der Waals surface area contributed by atoms with Gasteiger partial charge in [-0.3, -0.25) is 0 Å². The molecule has 2 heteroatoms. The van der Waals surface area contributed by atoms with Gasteiger partial charge in [0.2, 0.25) is 0 Å². The van der Waals surface area contributed by atoms with Crippen LogP contribution in [0.2, 0.25) is 0 Å². The SMILES string of the molecule is CC(C)CN(CCCC(CCN)C(C)(C)C)CC(C)C. The van der Waals surface area contributed by atoms with E-state index < -0.39 is 0 Å².